The second kappa shape index (κ2) is 6.94. The summed E-state index contributed by atoms with van der Waals surface area (Å²) in [5.74, 6) is 0.0927. The van der Waals surface area contributed by atoms with Crippen molar-refractivity contribution < 1.29 is 17.9 Å². The van der Waals surface area contributed by atoms with Crippen LogP contribution >= 0.6 is 28.3 Å². The number of hydrogen-bond acceptors (Lipinski definition) is 5. The van der Waals surface area contributed by atoms with Crippen LogP contribution in [0.4, 0.5) is 5.69 Å². The van der Waals surface area contributed by atoms with Gasteiger partial charge in [0.25, 0.3) is 5.91 Å². The van der Waals surface area contributed by atoms with Crippen molar-refractivity contribution in [3.63, 3.8) is 0 Å². The Kier molecular flexibility index (Phi) is 5.57. The van der Waals surface area contributed by atoms with Gasteiger partial charge >= 0.3 is 0 Å². The number of halogens is 2. The first-order chi connectivity index (χ1) is 10.4. The molecular weight excluding hydrogens is 410 g/mol. The fourth-order valence-corrected chi connectivity index (χ4v) is 5.02. The highest BCUT2D eigenvalue weighted by Crippen LogP contribution is 2.37. The lowest BCUT2D eigenvalue weighted by molar-refractivity contribution is -0.118. The van der Waals surface area contributed by atoms with Crippen LogP contribution in [0.1, 0.15) is 12.8 Å². The SMILES string of the molecule is Cl.NC1CCN(S(=O)(=O)c2cc3c(cc2Br)NC(=O)CO3)CC1. The number of nitrogens with zero attached hydrogens (tertiary/aromatic N) is 1. The Bertz CT molecular complexity index is 720. The zero-order valence-electron chi connectivity index (χ0n) is 12.1. The lowest BCUT2D eigenvalue weighted by Crippen LogP contribution is -2.42. The minimum absolute atomic E-state index is 0. The number of amides is 1. The van der Waals surface area contributed by atoms with E-state index in [9.17, 15) is 13.2 Å². The van der Waals surface area contributed by atoms with E-state index in [1.165, 1.54) is 10.4 Å². The van der Waals surface area contributed by atoms with Gasteiger partial charge in [-0.3, -0.25) is 4.79 Å². The number of benzene rings is 1. The fraction of sp³-hybridized carbons (Fsp3) is 0.462. The topological polar surface area (TPSA) is 102 Å². The van der Waals surface area contributed by atoms with Crippen LogP contribution in [0.2, 0.25) is 0 Å². The molecule has 0 unspecified atom stereocenters. The predicted molar refractivity (Wildman–Crippen MR) is 91.5 cm³/mol. The second-order valence-corrected chi connectivity index (χ2v) is 8.12. The molecule has 3 rings (SSSR count). The van der Waals surface area contributed by atoms with Crippen LogP contribution in [0, 0.1) is 0 Å². The van der Waals surface area contributed by atoms with Crippen molar-refractivity contribution in [3.05, 3.63) is 16.6 Å². The first-order valence-electron chi connectivity index (χ1n) is 6.90. The number of nitrogens with one attached hydrogen (secondary N) is 1. The molecule has 0 saturated carbocycles. The van der Waals surface area contributed by atoms with E-state index in [4.69, 9.17) is 10.5 Å². The number of carbonyl (C=O) groups is 1. The molecule has 7 nitrogen and oxygen atoms in total. The van der Waals surface area contributed by atoms with Gasteiger partial charge in [0.05, 0.1) is 5.69 Å². The van der Waals surface area contributed by atoms with Crippen LogP contribution in [-0.4, -0.2) is 44.4 Å². The van der Waals surface area contributed by atoms with E-state index in [0.717, 1.165) is 0 Å². The van der Waals surface area contributed by atoms with Crippen LogP contribution in [-0.2, 0) is 14.8 Å². The second-order valence-electron chi connectivity index (χ2n) is 5.36. The Labute approximate surface area is 149 Å². The smallest absolute Gasteiger partial charge is 0.262 e. The van der Waals surface area contributed by atoms with E-state index in [1.807, 2.05) is 0 Å². The maximum atomic E-state index is 12.8. The molecule has 2 aliphatic heterocycles. The van der Waals surface area contributed by atoms with Crippen molar-refractivity contribution in [2.75, 3.05) is 25.0 Å². The first-order valence-corrected chi connectivity index (χ1v) is 9.13. The number of hydrogen-bond donors (Lipinski definition) is 2. The molecule has 10 heteroatoms. The molecule has 0 spiro atoms. The maximum Gasteiger partial charge on any atom is 0.262 e. The predicted octanol–water partition coefficient (Wildman–Crippen LogP) is 1.31. The van der Waals surface area contributed by atoms with E-state index < -0.39 is 10.0 Å². The minimum Gasteiger partial charge on any atom is -0.482 e. The Morgan fingerprint density at radius 1 is 1.30 bits per heavy atom. The zero-order chi connectivity index (χ0) is 15.9. The van der Waals surface area contributed by atoms with Gasteiger partial charge in [0.1, 0.15) is 10.6 Å². The van der Waals surface area contributed by atoms with E-state index in [0.29, 0.717) is 41.8 Å². The summed E-state index contributed by atoms with van der Waals surface area (Å²) in [6, 6.07) is 3.05. The number of sulfonamides is 1. The molecular formula is C13H17BrClN3O4S. The number of fused-ring (bicyclic) bond motifs is 1. The Hall–Kier alpha value is -0.870. The van der Waals surface area contributed by atoms with Crippen molar-refractivity contribution in [1.29, 1.82) is 0 Å². The molecule has 3 N–H and O–H groups in total. The molecule has 2 aliphatic rings. The summed E-state index contributed by atoms with van der Waals surface area (Å²) in [5.41, 5.74) is 6.28. The first kappa shape index (κ1) is 18.5. The Balaban J connectivity index is 0.00000192. The van der Waals surface area contributed by atoms with Crippen molar-refractivity contribution in [3.8, 4) is 5.75 Å². The van der Waals surface area contributed by atoms with Gasteiger partial charge < -0.3 is 15.8 Å². The minimum atomic E-state index is -3.62. The quantitative estimate of drug-likeness (QED) is 0.742. The van der Waals surface area contributed by atoms with E-state index in [1.54, 1.807) is 6.07 Å². The molecule has 128 valence electrons. The molecule has 23 heavy (non-hydrogen) atoms. The van der Waals surface area contributed by atoms with Gasteiger partial charge in [-0.05, 0) is 34.8 Å². The molecule has 1 aromatic rings. The van der Waals surface area contributed by atoms with Gasteiger partial charge in [-0.25, -0.2) is 8.42 Å². The molecule has 0 radical (unpaired) electrons. The molecule has 2 heterocycles. The summed E-state index contributed by atoms with van der Waals surface area (Å²) < 4.78 is 32.7. The molecule has 1 saturated heterocycles. The third-order valence-electron chi connectivity index (χ3n) is 3.78. The van der Waals surface area contributed by atoms with Crippen molar-refractivity contribution >= 4 is 50.0 Å². The fourth-order valence-electron chi connectivity index (χ4n) is 2.53. The number of rotatable bonds is 2. The van der Waals surface area contributed by atoms with E-state index in [-0.39, 0.29) is 35.9 Å². The maximum absolute atomic E-state index is 12.8. The van der Waals surface area contributed by atoms with Gasteiger partial charge in [-0.15, -0.1) is 12.4 Å². The number of anilines is 1. The Morgan fingerprint density at radius 3 is 2.61 bits per heavy atom. The largest absolute Gasteiger partial charge is 0.482 e. The zero-order valence-corrected chi connectivity index (χ0v) is 15.3. The molecule has 0 aromatic heterocycles. The van der Waals surface area contributed by atoms with E-state index >= 15 is 0 Å². The molecule has 0 aliphatic carbocycles. The van der Waals surface area contributed by atoms with Crippen molar-refractivity contribution in [2.45, 2.75) is 23.8 Å². The summed E-state index contributed by atoms with van der Waals surface area (Å²) in [6.45, 7) is 0.696. The highest BCUT2D eigenvalue weighted by molar-refractivity contribution is 9.10. The van der Waals surface area contributed by atoms with Gasteiger partial charge in [-0.1, -0.05) is 0 Å². The van der Waals surface area contributed by atoms with Crippen LogP contribution in [0.25, 0.3) is 0 Å². The number of carbonyl (C=O) groups excluding carboxylic acids is 1. The van der Waals surface area contributed by atoms with Gasteiger partial charge in [-0.2, -0.15) is 4.31 Å². The summed E-state index contributed by atoms with van der Waals surface area (Å²) in [6.07, 6.45) is 1.29. The molecule has 1 amide bonds. The van der Waals surface area contributed by atoms with Crippen molar-refractivity contribution in [2.24, 2.45) is 5.73 Å². The third kappa shape index (κ3) is 3.63. The Morgan fingerprint density at radius 2 is 1.96 bits per heavy atom. The summed E-state index contributed by atoms with van der Waals surface area (Å²) in [4.78, 5) is 11.4. The molecule has 1 aromatic carbocycles. The third-order valence-corrected chi connectivity index (χ3v) is 6.64. The highest BCUT2D eigenvalue weighted by Gasteiger charge is 2.31. The van der Waals surface area contributed by atoms with Gasteiger partial charge in [0.15, 0.2) is 6.61 Å². The van der Waals surface area contributed by atoms with Crippen LogP contribution < -0.4 is 15.8 Å². The van der Waals surface area contributed by atoms with Crippen LogP contribution in [0.15, 0.2) is 21.5 Å². The van der Waals surface area contributed by atoms with Gasteiger partial charge in [0, 0.05) is 29.7 Å². The number of piperidine rings is 1. The van der Waals surface area contributed by atoms with Crippen LogP contribution in [0.5, 0.6) is 5.75 Å². The van der Waals surface area contributed by atoms with E-state index in [2.05, 4.69) is 21.2 Å². The molecule has 1 fully saturated rings. The lowest BCUT2D eigenvalue weighted by atomic mass is 10.1. The molecule has 0 atom stereocenters. The average molecular weight is 427 g/mol. The monoisotopic (exact) mass is 425 g/mol. The average Bonchev–Trinajstić information content (AvgIpc) is 2.46. The standard InChI is InChI=1S/C13H16BrN3O4S.ClH/c14-9-5-10-11(21-7-13(18)16-10)6-12(9)22(19,20)17-3-1-8(15)2-4-17;/h5-6,8H,1-4,7,15H2,(H,16,18);1H. The molecule has 0 bridgehead atoms. The van der Waals surface area contributed by atoms with Crippen LogP contribution in [0.3, 0.4) is 0 Å². The number of nitrogens with two attached hydrogens (primary N) is 1. The lowest BCUT2D eigenvalue weighted by Gasteiger charge is -2.30. The van der Waals surface area contributed by atoms with Crippen molar-refractivity contribution in [1.82, 2.24) is 4.31 Å². The summed E-state index contributed by atoms with van der Waals surface area (Å²) in [5, 5.41) is 2.65. The van der Waals surface area contributed by atoms with Gasteiger partial charge in [0.2, 0.25) is 10.0 Å². The summed E-state index contributed by atoms with van der Waals surface area (Å²) >= 11 is 3.27. The summed E-state index contributed by atoms with van der Waals surface area (Å²) in [7, 11) is -3.62. The number of ether oxygens (including phenoxy) is 1. The normalized spacial score (nSPS) is 19.3. The highest BCUT2D eigenvalue weighted by atomic mass is 79.9.